The summed E-state index contributed by atoms with van der Waals surface area (Å²) in [6.07, 6.45) is 2.54. The smallest absolute Gasteiger partial charge is 0.246 e. The van der Waals surface area contributed by atoms with Crippen molar-refractivity contribution >= 4 is 11.8 Å². The van der Waals surface area contributed by atoms with Gasteiger partial charge in [0.15, 0.2) is 0 Å². The summed E-state index contributed by atoms with van der Waals surface area (Å²) in [5.41, 5.74) is 1.36. The molecule has 2 aromatic rings. The van der Waals surface area contributed by atoms with E-state index in [4.69, 9.17) is 0 Å². The van der Waals surface area contributed by atoms with Crippen LogP contribution in [0.2, 0.25) is 0 Å². The quantitative estimate of drug-likeness (QED) is 0.903. The molecule has 2 amide bonds. The van der Waals surface area contributed by atoms with Crippen LogP contribution in [-0.4, -0.2) is 28.3 Å². The molecule has 0 aromatic heterocycles. The van der Waals surface area contributed by atoms with E-state index in [9.17, 15) is 9.59 Å². The minimum Gasteiger partial charge on any atom is -0.342 e. The van der Waals surface area contributed by atoms with E-state index < -0.39 is 11.6 Å². The number of rotatable bonds is 5. The van der Waals surface area contributed by atoms with Crippen molar-refractivity contribution in [1.82, 2.24) is 10.2 Å². The Hall–Kier alpha value is -2.62. The molecule has 1 heterocycles. The first-order chi connectivity index (χ1) is 12.6. The zero-order chi connectivity index (χ0) is 18.1. The molecule has 1 aliphatic carbocycles. The van der Waals surface area contributed by atoms with Gasteiger partial charge in [0.25, 0.3) is 0 Å². The first-order valence-corrected chi connectivity index (χ1v) is 9.29. The molecule has 2 aromatic carbocycles. The number of nitrogens with one attached hydrogen (secondary N) is 1. The van der Waals surface area contributed by atoms with Crippen LogP contribution < -0.4 is 5.32 Å². The van der Waals surface area contributed by atoms with Crippen LogP contribution in [0.1, 0.15) is 30.9 Å². The average Bonchev–Trinajstić information content (AvgIpc) is 3.51. The molecule has 4 rings (SSSR count). The summed E-state index contributed by atoms with van der Waals surface area (Å²) in [7, 11) is 0. The summed E-state index contributed by atoms with van der Waals surface area (Å²) in [4.78, 5) is 28.2. The molecule has 26 heavy (non-hydrogen) atoms. The number of nitrogens with zero attached hydrogens (tertiary/aromatic N) is 1. The number of hydrogen-bond donors (Lipinski definition) is 1. The zero-order valence-electron chi connectivity index (χ0n) is 15.0. The topological polar surface area (TPSA) is 49.4 Å². The van der Waals surface area contributed by atoms with Gasteiger partial charge < -0.3 is 10.2 Å². The third-order valence-corrected chi connectivity index (χ3v) is 5.73. The molecule has 4 heteroatoms. The normalized spacial score (nSPS) is 25.9. The first kappa shape index (κ1) is 16.8. The van der Waals surface area contributed by atoms with E-state index in [2.05, 4.69) is 5.32 Å². The van der Waals surface area contributed by atoms with Crippen LogP contribution in [0.3, 0.4) is 0 Å². The number of piperazine rings is 1. The van der Waals surface area contributed by atoms with Crippen LogP contribution in [0.4, 0.5) is 0 Å². The standard InChI is InChI=1S/C22H24N2O2/c1-22(18-12-13-18)21(26)23-19(14-16-8-4-2-5-9-16)20(25)24(22)15-17-10-6-3-7-11-17/h2-11,18-19H,12-15H2,1H3,(H,23,26). The second-order valence-corrected chi connectivity index (χ2v) is 7.55. The van der Waals surface area contributed by atoms with Crippen molar-refractivity contribution in [3.8, 4) is 0 Å². The van der Waals surface area contributed by atoms with Crippen LogP contribution in [0.15, 0.2) is 60.7 Å². The minimum absolute atomic E-state index is 0.0172. The van der Waals surface area contributed by atoms with Gasteiger partial charge in [0.2, 0.25) is 11.8 Å². The third-order valence-electron chi connectivity index (χ3n) is 5.73. The summed E-state index contributed by atoms with van der Waals surface area (Å²) < 4.78 is 0. The second-order valence-electron chi connectivity index (χ2n) is 7.55. The number of carbonyl (C=O) groups is 2. The lowest BCUT2D eigenvalue weighted by Crippen LogP contribution is -2.70. The highest BCUT2D eigenvalue weighted by molar-refractivity contribution is 6.00. The number of carbonyl (C=O) groups excluding carboxylic acids is 2. The monoisotopic (exact) mass is 348 g/mol. The first-order valence-electron chi connectivity index (χ1n) is 9.29. The Morgan fingerprint density at radius 1 is 0.962 bits per heavy atom. The number of benzene rings is 2. The average molecular weight is 348 g/mol. The van der Waals surface area contributed by atoms with E-state index in [0.29, 0.717) is 13.0 Å². The van der Waals surface area contributed by atoms with Crippen molar-refractivity contribution in [3.63, 3.8) is 0 Å². The van der Waals surface area contributed by atoms with Crippen molar-refractivity contribution in [2.24, 2.45) is 5.92 Å². The van der Waals surface area contributed by atoms with Crippen molar-refractivity contribution in [2.45, 2.75) is 44.3 Å². The fourth-order valence-corrected chi connectivity index (χ4v) is 3.95. The Kier molecular flexibility index (Phi) is 4.27. The van der Waals surface area contributed by atoms with Crippen molar-refractivity contribution in [3.05, 3.63) is 71.8 Å². The van der Waals surface area contributed by atoms with Gasteiger partial charge in [0.1, 0.15) is 11.6 Å². The van der Waals surface area contributed by atoms with E-state index in [1.165, 1.54) is 0 Å². The molecule has 0 spiro atoms. The summed E-state index contributed by atoms with van der Waals surface area (Å²) in [5, 5.41) is 3.01. The van der Waals surface area contributed by atoms with E-state index in [1.54, 1.807) is 0 Å². The Bertz CT molecular complexity index is 801. The SMILES string of the molecule is CC1(C2CC2)C(=O)NC(Cc2ccccc2)C(=O)N1Cc1ccccc1. The maximum Gasteiger partial charge on any atom is 0.246 e. The van der Waals surface area contributed by atoms with Crippen LogP contribution in [-0.2, 0) is 22.6 Å². The van der Waals surface area contributed by atoms with Crippen LogP contribution in [0.5, 0.6) is 0 Å². The van der Waals surface area contributed by atoms with Crippen LogP contribution in [0, 0.1) is 5.92 Å². The molecule has 2 unspecified atom stereocenters. The van der Waals surface area contributed by atoms with E-state index in [0.717, 1.165) is 24.0 Å². The third kappa shape index (κ3) is 3.00. The number of amides is 2. The summed E-state index contributed by atoms with van der Waals surface area (Å²) in [6, 6.07) is 19.3. The Morgan fingerprint density at radius 2 is 1.54 bits per heavy atom. The van der Waals surface area contributed by atoms with Crippen LogP contribution >= 0.6 is 0 Å². The van der Waals surface area contributed by atoms with Crippen molar-refractivity contribution in [1.29, 1.82) is 0 Å². The fraction of sp³-hybridized carbons (Fsp3) is 0.364. The van der Waals surface area contributed by atoms with Gasteiger partial charge in [-0.25, -0.2) is 0 Å². The van der Waals surface area contributed by atoms with Gasteiger partial charge >= 0.3 is 0 Å². The molecule has 134 valence electrons. The van der Waals surface area contributed by atoms with Crippen molar-refractivity contribution < 1.29 is 9.59 Å². The summed E-state index contributed by atoms with van der Waals surface area (Å²) >= 11 is 0. The van der Waals surface area contributed by atoms with Gasteiger partial charge in [-0.1, -0.05) is 60.7 Å². The molecule has 2 fully saturated rings. The molecule has 2 atom stereocenters. The Balaban J connectivity index is 1.63. The predicted molar refractivity (Wildman–Crippen MR) is 100 cm³/mol. The molecule has 0 radical (unpaired) electrons. The number of hydrogen-bond acceptors (Lipinski definition) is 2. The van der Waals surface area contributed by atoms with Crippen molar-refractivity contribution in [2.75, 3.05) is 0 Å². The summed E-state index contributed by atoms with van der Waals surface area (Å²) in [6.45, 7) is 2.41. The molecule has 1 aliphatic heterocycles. The van der Waals surface area contributed by atoms with Crippen LogP contribution in [0.25, 0.3) is 0 Å². The highest BCUT2D eigenvalue weighted by Gasteiger charge is 2.56. The van der Waals surface area contributed by atoms with Gasteiger partial charge in [-0.15, -0.1) is 0 Å². The van der Waals surface area contributed by atoms with E-state index in [1.807, 2.05) is 72.5 Å². The second kappa shape index (κ2) is 6.60. The highest BCUT2D eigenvalue weighted by atomic mass is 16.2. The van der Waals surface area contributed by atoms with Gasteiger partial charge in [-0.2, -0.15) is 0 Å². The maximum absolute atomic E-state index is 13.3. The predicted octanol–water partition coefficient (Wildman–Crippen LogP) is 2.93. The van der Waals surface area contributed by atoms with Gasteiger partial charge in [-0.3, -0.25) is 9.59 Å². The highest BCUT2D eigenvalue weighted by Crippen LogP contribution is 2.45. The van der Waals surface area contributed by atoms with E-state index in [-0.39, 0.29) is 17.7 Å². The maximum atomic E-state index is 13.3. The molecule has 1 N–H and O–H groups in total. The Labute approximate surface area is 154 Å². The molecule has 0 bridgehead atoms. The molecular weight excluding hydrogens is 324 g/mol. The van der Waals surface area contributed by atoms with E-state index >= 15 is 0 Å². The van der Waals surface area contributed by atoms with Gasteiger partial charge in [-0.05, 0) is 36.8 Å². The fourth-order valence-electron chi connectivity index (χ4n) is 3.95. The summed E-state index contributed by atoms with van der Waals surface area (Å²) in [5.74, 6) is 0.260. The lowest BCUT2D eigenvalue weighted by molar-refractivity contribution is -0.159. The lowest BCUT2D eigenvalue weighted by atomic mass is 9.86. The molecule has 2 aliphatic rings. The molecule has 1 saturated heterocycles. The molecule has 1 saturated carbocycles. The zero-order valence-corrected chi connectivity index (χ0v) is 15.0. The van der Waals surface area contributed by atoms with Gasteiger partial charge in [0, 0.05) is 13.0 Å². The molecular formula is C22H24N2O2. The Morgan fingerprint density at radius 3 is 2.12 bits per heavy atom. The lowest BCUT2D eigenvalue weighted by Gasteiger charge is -2.47. The minimum atomic E-state index is -0.750. The van der Waals surface area contributed by atoms with Gasteiger partial charge in [0.05, 0.1) is 0 Å². The molecule has 4 nitrogen and oxygen atoms in total. The largest absolute Gasteiger partial charge is 0.342 e.